The number of hydrogen-bond acceptors (Lipinski definition) is 1. The maximum Gasteiger partial charge on any atom is 0.126 e. The predicted molar refractivity (Wildman–Crippen MR) is 74.5 cm³/mol. The van der Waals surface area contributed by atoms with Gasteiger partial charge in [-0.1, -0.05) is 32.4 Å². The molecule has 0 aliphatic heterocycles. The summed E-state index contributed by atoms with van der Waals surface area (Å²) in [5, 5.41) is 4.09. The van der Waals surface area contributed by atoms with Crippen LogP contribution in [0.3, 0.4) is 0 Å². The fraction of sp³-hybridized carbons (Fsp3) is 0.600. The van der Waals surface area contributed by atoms with Crippen LogP contribution < -0.4 is 5.32 Å². The van der Waals surface area contributed by atoms with Gasteiger partial charge >= 0.3 is 0 Å². The Labute approximate surface area is 114 Å². The summed E-state index contributed by atoms with van der Waals surface area (Å²) in [6, 6.07) is 5.15. The molecule has 0 radical (unpaired) electrons. The molecular formula is C15H21ClFN. The highest BCUT2D eigenvalue weighted by Gasteiger charge is 2.49. The fourth-order valence-electron chi connectivity index (χ4n) is 2.75. The summed E-state index contributed by atoms with van der Waals surface area (Å²) < 4.78 is 13.8. The smallest absolute Gasteiger partial charge is 0.126 e. The van der Waals surface area contributed by atoms with Crippen LogP contribution in [0, 0.1) is 17.2 Å². The molecule has 100 valence electrons. The molecule has 1 aliphatic carbocycles. The molecule has 2 unspecified atom stereocenters. The third kappa shape index (κ3) is 3.04. The highest BCUT2D eigenvalue weighted by Crippen LogP contribution is 2.54. The molecule has 1 saturated carbocycles. The van der Waals surface area contributed by atoms with E-state index in [4.69, 9.17) is 11.6 Å². The molecule has 2 rings (SSSR count). The third-order valence-corrected chi connectivity index (χ3v) is 4.22. The zero-order chi connectivity index (χ0) is 13.3. The Morgan fingerprint density at radius 1 is 1.50 bits per heavy atom. The molecule has 3 heteroatoms. The molecule has 1 aromatic rings. The Balaban J connectivity index is 2.11. The van der Waals surface area contributed by atoms with Gasteiger partial charge in [-0.3, -0.25) is 0 Å². The van der Waals surface area contributed by atoms with Gasteiger partial charge in [-0.15, -0.1) is 0 Å². The minimum atomic E-state index is -0.152. The van der Waals surface area contributed by atoms with E-state index in [0.717, 1.165) is 12.1 Å². The van der Waals surface area contributed by atoms with Crippen molar-refractivity contribution in [2.45, 2.75) is 39.7 Å². The zero-order valence-corrected chi connectivity index (χ0v) is 12.0. The van der Waals surface area contributed by atoms with Crippen LogP contribution in [-0.2, 0) is 6.42 Å². The molecule has 0 saturated heterocycles. The molecule has 1 nitrogen and oxygen atoms in total. The molecule has 1 fully saturated rings. The van der Waals surface area contributed by atoms with Crippen molar-refractivity contribution in [3.05, 3.63) is 34.6 Å². The maximum absolute atomic E-state index is 13.8. The normalized spacial score (nSPS) is 22.8. The summed E-state index contributed by atoms with van der Waals surface area (Å²) in [6.45, 7) is 7.56. The van der Waals surface area contributed by atoms with Gasteiger partial charge in [0.15, 0.2) is 0 Å². The topological polar surface area (TPSA) is 12.0 Å². The van der Waals surface area contributed by atoms with Gasteiger partial charge < -0.3 is 5.32 Å². The van der Waals surface area contributed by atoms with Crippen LogP contribution in [-0.4, -0.2) is 12.6 Å². The van der Waals surface area contributed by atoms with Gasteiger partial charge in [-0.2, -0.15) is 0 Å². The molecule has 0 heterocycles. The van der Waals surface area contributed by atoms with E-state index in [9.17, 15) is 4.39 Å². The van der Waals surface area contributed by atoms with Crippen molar-refractivity contribution in [1.29, 1.82) is 0 Å². The second kappa shape index (κ2) is 5.18. The van der Waals surface area contributed by atoms with Gasteiger partial charge in [0.2, 0.25) is 0 Å². The first-order chi connectivity index (χ1) is 8.44. The minimum absolute atomic E-state index is 0.152. The highest BCUT2D eigenvalue weighted by atomic mass is 35.5. The lowest BCUT2D eigenvalue weighted by Crippen LogP contribution is -2.34. The quantitative estimate of drug-likeness (QED) is 0.850. The van der Waals surface area contributed by atoms with E-state index in [1.807, 2.05) is 0 Å². The van der Waals surface area contributed by atoms with Crippen LogP contribution in [0.5, 0.6) is 0 Å². The molecule has 0 aromatic heterocycles. The number of hydrogen-bond donors (Lipinski definition) is 1. The summed E-state index contributed by atoms with van der Waals surface area (Å²) in [5.41, 5.74) is 1.11. The highest BCUT2D eigenvalue weighted by molar-refractivity contribution is 6.30. The summed E-state index contributed by atoms with van der Waals surface area (Å²) in [7, 11) is 0. The van der Waals surface area contributed by atoms with Crippen molar-refractivity contribution >= 4 is 11.6 Å². The van der Waals surface area contributed by atoms with Crippen LogP contribution >= 0.6 is 11.6 Å². The van der Waals surface area contributed by atoms with Crippen molar-refractivity contribution in [1.82, 2.24) is 5.32 Å². The van der Waals surface area contributed by atoms with Gasteiger partial charge in [0, 0.05) is 11.1 Å². The molecule has 1 aromatic carbocycles. The summed E-state index contributed by atoms with van der Waals surface area (Å²) in [6.07, 6.45) is 1.93. The van der Waals surface area contributed by atoms with Gasteiger partial charge in [0.05, 0.1) is 0 Å². The molecular weight excluding hydrogens is 249 g/mol. The van der Waals surface area contributed by atoms with Crippen molar-refractivity contribution in [2.75, 3.05) is 6.54 Å². The lowest BCUT2D eigenvalue weighted by Gasteiger charge is -2.20. The van der Waals surface area contributed by atoms with Crippen molar-refractivity contribution < 1.29 is 4.39 Å². The Hall–Kier alpha value is -0.600. The first-order valence-corrected chi connectivity index (χ1v) is 6.99. The Bertz CT molecular complexity index is 431. The first kappa shape index (κ1) is 13.8. The lowest BCUT2D eigenvalue weighted by atomic mass is 9.97. The van der Waals surface area contributed by atoms with Gasteiger partial charge in [0.25, 0.3) is 0 Å². The second-order valence-corrected chi connectivity index (χ2v) is 6.34. The van der Waals surface area contributed by atoms with Crippen molar-refractivity contribution in [2.24, 2.45) is 11.3 Å². The number of likely N-dealkylation sites (N-methyl/N-ethyl adjacent to an activating group) is 1. The van der Waals surface area contributed by atoms with Crippen LogP contribution in [0.15, 0.2) is 18.2 Å². The van der Waals surface area contributed by atoms with E-state index in [1.54, 1.807) is 12.1 Å². The third-order valence-electron chi connectivity index (χ3n) is 3.99. The van der Waals surface area contributed by atoms with E-state index in [0.29, 0.717) is 28.8 Å². The molecule has 18 heavy (non-hydrogen) atoms. The first-order valence-electron chi connectivity index (χ1n) is 6.61. The molecule has 0 amide bonds. The van der Waals surface area contributed by atoms with E-state index in [1.165, 1.54) is 12.5 Å². The van der Waals surface area contributed by atoms with Crippen LogP contribution in [0.25, 0.3) is 0 Å². The predicted octanol–water partition coefficient (Wildman–Crippen LogP) is 4.05. The van der Waals surface area contributed by atoms with Crippen molar-refractivity contribution in [3.63, 3.8) is 0 Å². The van der Waals surface area contributed by atoms with Crippen molar-refractivity contribution in [3.8, 4) is 0 Å². The van der Waals surface area contributed by atoms with E-state index in [-0.39, 0.29) is 5.82 Å². The summed E-state index contributed by atoms with van der Waals surface area (Å²) in [5.74, 6) is 0.483. The minimum Gasteiger partial charge on any atom is -0.314 e. The Kier molecular flexibility index (Phi) is 3.98. The van der Waals surface area contributed by atoms with E-state index in [2.05, 4.69) is 26.1 Å². The van der Waals surface area contributed by atoms with Crippen LogP contribution in [0.2, 0.25) is 5.02 Å². The molecule has 1 N–H and O–H groups in total. The van der Waals surface area contributed by atoms with Crippen LogP contribution in [0.1, 0.15) is 32.8 Å². The summed E-state index contributed by atoms with van der Waals surface area (Å²) in [4.78, 5) is 0. The molecule has 1 aliphatic rings. The van der Waals surface area contributed by atoms with Gasteiger partial charge in [-0.25, -0.2) is 4.39 Å². The van der Waals surface area contributed by atoms with E-state index < -0.39 is 0 Å². The Morgan fingerprint density at radius 3 is 2.72 bits per heavy atom. The SMILES string of the molecule is CCNC(Cc1cc(Cl)ccc1F)C1CC1(C)C. The molecule has 0 spiro atoms. The monoisotopic (exact) mass is 269 g/mol. The zero-order valence-electron chi connectivity index (χ0n) is 11.3. The largest absolute Gasteiger partial charge is 0.314 e. The Morgan fingerprint density at radius 2 is 2.17 bits per heavy atom. The fourth-order valence-corrected chi connectivity index (χ4v) is 2.94. The average molecular weight is 270 g/mol. The average Bonchev–Trinajstić information content (AvgIpc) is 2.92. The number of halogens is 2. The number of benzene rings is 1. The molecule has 2 atom stereocenters. The second-order valence-electron chi connectivity index (χ2n) is 5.90. The molecule has 0 bridgehead atoms. The van der Waals surface area contributed by atoms with Gasteiger partial charge in [-0.05, 0) is 54.5 Å². The van der Waals surface area contributed by atoms with E-state index >= 15 is 0 Å². The standard InChI is InChI=1S/C15H21ClFN/c1-4-18-14(12-9-15(12,2)3)8-10-7-11(16)5-6-13(10)17/h5-7,12,14,18H,4,8-9H2,1-3H3. The lowest BCUT2D eigenvalue weighted by molar-refractivity contribution is 0.405. The number of rotatable bonds is 5. The number of nitrogens with one attached hydrogen (secondary N) is 1. The summed E-state index contributed by atoms with van der Waals surface area (Å²) >= 11 is 5.94. The van der Waals surface area contributed by atoms with Crippen LogP contribution in [0.4, 0.5) is 4.39 Å². The maximum atomic E-state index is 13.8. The van der Waals surface area contributed by atoms with Gasteiger partial charge in [0.1, 0.15) is 5.82 Å².